The van der Waals surface area contributed by atoms with Gasteiger partial charge < -0.3 is 35.5 Å². The lowest BCUT2D eigenvalue weighted by atomic mass is 9.93. The van der Waals surface area contributed by atoms with Crippen LogP contribution in [0, 0.1) is 5.92 Å². The van der Waals surface area contributed by atoms with Gasteiger partial charge in [0.25, 0.3) is 5.91 Å². The monoisotopic (exact) mass is 409 g/mol. The largest absolute Gasteiger partial charge is 0.489 e. The number of benzene rings is 1. The normalized spacial score (nSPS) is 22.1. The lowest BCUT2D eigenvalue weighted by Gasteiger charge is -2.35. The van der Waals surface area contributed by atoms with Gasteiger partial charge in [-0.2, -0.15) is 0 Å². The summed E-state index contributed by atoms with van der Waals surface area (Å²) >= 11 is 0. The smallest absolute Gasteiger partial charge is 0.255 e. The van der Waals surface area contributed by atoms with E-state index in [4.69, 9.17) is 25.1 Å². The van der Waals surface area contributed by atoms with E-state index < -0.39 is 6.10 Å². The van der Waals surface area contributed by atoms with Crippen LogP contribution in [0.15, 0.2) is 12.1 Å². The molecule has 162 valence electrons. The molecule has 9 nitrogen and oxygen atoms in total. The van der Waals surface area contributed by atoms with Crippen molar-refractivity contribution in [2.24, 2.45) is 5.92 Å². The lowest BCUT2D eigenvalue weighted by molar-refractivity contribution is 0.00568. The highest BCUT2D eigenvalue weighted by Gasteiger charge is 2.28. The summed E-state index contributed by atoms with van der Waals surface area (Å²) in [6.45, 7) is 4.31. The lowest BCUT2D eigenvalue weighted by Crippen LogP contribution is -2.48. The number of carbonyl (C=O) groups excluding carboxylic acids is 1. The van der Waals surface area contributed by atoms with Crippen molar-refractivity contribution in [2.45, 2.75) is 18.9 Å². The van der Waals surface area contributed by atoms with Crippen molar-refractivity contribution in [3.63, 3.8) is 0 Å². The van der Waals surface area contributed by atoms with Gasteiger partial charge in [0, 0.05) is 43.7 Å². The predicted octanol–water partition coefficient (Wildman–Crippen LogP) is -0.148. The molecule has 1 amide bonds. The van der Waals surface area contributed by atoms with Gasteiger partial charge in [0.2, 0.25) is 0 Å². The number of rotatable bonds is 8. The number of likely N-dealkylation sites (tertiary alicyclic amines) is 1. The third-order valence-electron chi connectivity index (χ3n) is 5.23. The molecule has 2 aliphatic heterocycles. The number of nitrogen functional groups attached to an aromatic ring is 1. The van der Waals surface area contributed by atoms with Crippen LogP contribution >= 0.6 is 0 Å². The minimum Gasteiger partial charge on any atom is -0.489 e. The quantitative estimate of drug-likeness (QED) is 0.345. The average Bonchev–Trinajstić information content (AvgIpc) is 2.95. The number of piperidine rings is 1. The molecular formula is C20H31N3O6. The molecule has 0 saturated carbocycles. The van der Waals surface area contributed by atoms with E-state index in [1.165, 1.54) is 0 Å². The summed E-state index contributed by atoms with van der Waals surface area (Å²) in [5.41, 5.74) is 6.72. The van der Waals surface area contributed by atoms with E-state index in [9.17, 15) is 9.90 Å². The second-order valence-electron chi connectivity index (χ2n) is 7.41. The molecule has 3 rings (SSSR count). The van der Waals surface area contributed by atoms with Gasteiger partial charge in [0.1, 0.15) is 0 Å². The van der Waals surface area contributed by atoms with Crippen molar-refractivity contribution in [2.75, 3.05) is 64.9 Å². The molecule has 0 bridgehead atoms. The number of ether oxygens (including phenoxy) is 3. The highest BCUT2D eigenvalue weighted by atomic mass is 16.5. The molecule has 0 aliphatic carbocycles. The summed E-state index contributed by atoms with van der Waals surface area (Å²) in [6, 6.07) is 3.26. The molecule has 1 unspecified atom stereocenters. The van der Waals surface area contributed by atoms with Crippen molar-refractivity contribution in [1.82, 2.24) is 10.2 Å². The van der Waals surface area contributed by atoms with Crippen LogP contribution < -0.4 is 20.5 Å². The van der Waals surface area contributed by atoms with Crippen LogP contribution in [0.4, 0.5) is 5.69 Å². The van der Waals surface area contributed by atoms with Crippen LogP contribution in [-0.2, 0) is 4.74 Å². The van der Waals surface area contributed by atoms with E-state index in [0.717, 1.165) is 19.4 Å². The van der Waals surface area contributed by atoms with Crippen molar-refractivity contribution in [1.29, 1.82) is 0 Å². The SMILES string of the molecule is Nc1cc2c(c(C(=O)NC[C@@H]3CCN(CCOCCO)CC3O)c1)OCCCO2. The molecule has 2 aliphatic rings. The molecule has 0 aromatic heterocycles. The Morgan fingerprint density at radius 1 is 1.31 bits per heavy atom. The van der Waals surface area contributed by atoms with E-state index in [0.29, 0.717) is 68.8 Å². The Kier molecular flexibility index (Phi) is 7.93. The molecule has 5 N–H and O–H groups in total. The summed E-state index contributed by atoms with van der Waals surface area (Å²) in [6.07, 6.45) is 0.987. The van der Waals surface area contributed by atoms with Crippen LogP contribution in [0.1, 0.15) is 23.2 Å². The number of aliphatic hydroxyl groups excluding tert-OH is 2. The molecule has 29 heavy (non-hydrogen) atoms. The minimum atomic E-state index is -0.528. The fourth-order valence-electron chi connectivity index (χ4n) is 3.63. The summed E-state index contributed by atoms with van der Waals surface area (Å²) in [5.74, 6) is 0.605. The summed E-state index contributed by atoms with van der Waals surface area (Å²) in [5, 5.41) is 22.1. The summed E-state index contributed by atoms with van der Waals surface area (Å²) in [7, 11) is 0. The average molecular weight is 409 g/mol. The topological polar surface area (TPSA) is 127 Å². The van der Waals surface area contributed by atoms with Crippen molar-refractivity contribution < 1.29 is 29.2 Å². The summed E-state index contributed by atoms with van der Waals surface area (Å²) < 4.78 is 16.6. The van der Waals surface area contributed by atoms with Gasteiger partial charge in [-0.15, -0.1) is 0 Å². The zero-order valence-electron chi connectivity index (χ0n) is 16.6. The second-order valence-corrected chi connectivity index (χ2v) is 7.41. The first kappa shape index (κ1) is 21.6. The molecule has 1 fully saturated rings. The highest BCUT2D eigenvalue weighted by Crippen LogP contribution is 2.35. The fourth-order valence-corrected chi connectivity index (χ4v) is 3.63. The van der Waals surface area contributed by atoms with Crippen LogP contribution in [0.3, 0.4) is 0 Å². The molecule has 1 saturated heterocycles. The Bertz CT molecular complexity index is 686. The first-order valence-electron chi connectivity index (χ1n) is 10.1. The first-order valence-corrected chi connectivity index (χ1v) is 10.1. The van der Waals surface area contributed by atoms with E-state index in [1.54, 1.807) is 12.1 Å². The molecule has 1 aromatic rings. The predicted molar refractivity (Wildman–Crippen MR) is 107 cm³/mol. The maximum Gasteiger partial charge on any atom is 0.255 e. The Morgan fingerprint density at radius 2 is 2.14 bits per heavy atom. The zero-order chi connectivity index (χ0) is 20.6. The Labute approximate surface area is 170 Å². The third-order valence-corrected chi connectivity index (χ3v) is 5.23. The summed E-state index contributed by atoms with van der Waals surface area (Å²) in [4.78, 5) is 14.9. The Balaban J connectivity index is 1.52. The van der Waals surface area contributed by atoms with Gasteiger partial charge in [-0.25, -0.2) is 0 Å². The number of nitrogens with two attached hydrogens (primary N) is 1. The number of aliphatic hydroxyl groups is 2. The van der Waals surface area contributed by atoms with E-state index in [2.05, 4.69) is 10.2 Å². The number of carbonyl (C=O) groups is 1. The van der Waals surface area contributed by atoms with E-state index in [1.807, 2.05) is 0 Å². The molecule has 9 heteroatoms. The number of amides is 1. The number of hydrogen-bond donors (Lipinski definition) is 4. The van der Waals surface area contributed by atoms with Crippen LogP contribution in [-0.4, -0.2) is 86.3 Å². The number of nitrogens with one attached hydrogen (secondary N) is 1. The highest BCUT2D eigenvalue weighted by molar-refractivity contribution is 5.98. The fraction of sp³-hybridized carbons (Fsp3) is 0.650. The van der Waals surface area contributed by atoms with Crippen LogP contribution in [0.25, 0.3) is 0 Å². The van der Waals surface area contributed by atoms with E-state index >= 15 is 0 Å². The van der Waals surface area contributed by atoms with Crippen molar-refractivity contribution in [3.05, 3.63) is 17.7 Å². The minimum absolute atomic E-state index is 0.0117. The Morgan fingerprint density at radius 3 is 2.93 bits per heavy atom. The first-order chi connectivity index (χ1) is 14.1. The van der Waals surface area contributed by atoms with Gasteiger partial charge >= 0.3 is 0 Å². The molecule has 2 heterocycles. The molecule has 0 spiro atoms. The van der Waals surface area contributed by atoms with Crippen LogP contribution in [0.2, 0.25) is 0 Å². The van der Waals surface area contributed by atoms with Gasteiger partial charge in [0.05, 0.1) is 44.7 Å². The maximum absolute atomic E-state index is 12.8. The van der Waals surface area contributed by atoms with Crippen molar-refractivity contribution in [3.8, 4) is 11.5 Å². The van der Waals surface area contributed by atoms with Gasteiger partial charge in [0.15, 0.2) is 11.5 Å². The van der Waals surface area contributed by atoms with Gasteiger partial charge in [-0.3, -0.25) is 9.69 Å². The van der Waals surface area contributed by atoms with Gasteiger partial charge in [-0.05, 0) is 19.0 Å². The maximum atomic E-state index is 12.8. The van der Waals surface area contributed by atoms with Crippen LogP contribution in [0.5, 0.6) is 11.5 Å². The zero-order valence-corrected chi connectivity index (χ0v) is 16.6. The standard InChI is InChI=1S/C20H31N3O6/c21-15-10-16(19-18(11-15)28-6-1-7-29-19)20(26)22-12-14-2-3-23(13-17(14)25)4-8-27-9-5-24/h10-11,14,17,24-25H,1-9,12-13,21H2,(H,22,26)/t14-,17?/m0/s1. The molecular weight excluding hydrogens is 378 g/mol. The Hall–Kier alpha value is -2.07. The number of hydrogen-bond acceptors (Lipinski definition) is 8. The van der Waals surface area contributed by atoms with E-state index in [-0.39, 0.29) is 18.4 Å². The number of anilines is 1. The second kappa shape index (κ2) is 10.6. The number of β-amino-alcohol motifs (C(OH)–C–C–N with tert-alkyl or cyclic N) is 1. The van der Waals surface area contributed by atoms with Gasteiger partial charge in [-0.1, -0.05) is 0 Å². The molecule has 2 atom stereocenters. The third kappa shape index (κ3) is 5.96. The number of nitrogens with zero attached hydrogens (tertiary/aromatic N) is 1. The molecule has 0 radical (unpaired) electrons. The number of fused-ring (bicyclic) bond motifs is 1. The van der Waals surface area contributed by atoms with Crippen molar-refractivity contribution >= 4 is 11.6 Å². The molecule has 1 aromatic carbocycles.